The van der Waals surface area contributed by atoms with E-state index in [-0.39, 0.29) is 5.92 Å². The minimum absolute atomic E-state index is 0.136. The maximum Gasteiger partial charge on any atom is 0.137 e. The smallest absolute Gasteiger partial charge is 0.137 e. The van der Waals surface area contributed by atoms with Gasteiger partial charge in [0.2, 0.25) is 0 Å². The number of piperidine rings is 1. The van der Waals surface area contributed by atoms with Gasteiger partial charge >= 0.3 is 0 Å². The van der Waals surface area contributed by atoms with Crippen LogP contribution in [0.1, 0.15) is 35.2 Å². The van der Waals surface area contributed by atoms with Crippen LogP contribution in [0, 0.1) is 5.92 Å². The number of rotatable bonds is 2. The average Bonchev–Trinajstić information content (AvgIpc) is 2.77. The third-order valence-corrected chi connectivity index (χ3v) is 6.22. The van der Waals surface area contributed by atoms with Gasteiger partial charge in [-0.25, -0.2) is 0 Å². The molecule has 1 saturated heterocycles. The van der Waals surface area contributed by atoms with Crippen molar-refractivity contribution in [3.63, 3.8) is 0 Å². The first-order chi connectivity index (χ1) is 12.5. The van der Waals surface area contributed by atoms with Gasteiger partial charge in [-0.1, -0.05) is 17.7 Å². The highest BCUT2D eigenvalue weighted by molar-refractivity contribution is 6.30. The zero-order valence-electron chi connectivity index (χ0n) is 15.3. The number of methoxy groups -OCH3 is 1. The van der Waals surface area contributed by atoms with E-state index in [9.17, 15) is 5.11 Å². The lowest BCUT2D eigenvalue weighted by atomic mass is 9.72. The topological polar surface area (TPSA) is 45.6 Å². The fourth-order valence-corrected chi connectivity index (χ4v) is 4.71. The van der Waals surface area contributed by atoms with Crippen molar-refractivity contribution >= 4 is 11.6 Å². The maximum absolute atomic E-state index is 12.2. The van der Waals surface area contributed by atoms with E-state index in [0.29, 0.717) is 5.02 Å². The molecule has 1 fully saturated rings. The molecule has 0 radical (unpaired) electrons. The van der Waals surface area contributed by atoms with E-state index in [1.807, 2.05) is 24.3 Å². The summed E-state index contributed by atoms with van der Waals surface area (Å²) in [6.45, 7) is 1.97. The lowest BCUT2D eigenvalue weighted by Gasteiger charge is -2.41. The summed E-state index contributed by atoms with van der Waals surface area (Å²) in [6.07, 6.45) is 5.28. The van der Waals surface area contributed by atoms with Crippen molar-refractivity contribution in [2.24, 2.45) is 5.92 Å². The molecular formula is C21H25ClN2O2. The van der Waals surface area contributed by atoms with E-state index in [2.05, 4.69) is 11.9 Å². The molecule has 1 atom stereocenters. The van der Waals surface area contributed by atoms with Crippen LogP contribution < -0.4 is 4.74 Å². The monoisotopic (exact) mass is 372 g/mol. The van der Waals surface area contributed by atoms with Crippen molar-refractivity contribution in [2.75, 3.05) is 27.2 Å². The molecule has 1 N–H and O–H groups in total. The Hall–Kier alpha value is -1.62. The SMILES string of the molecule is COc1cnc2c(c1)CCc1cc(Cl)ccc1[C@@]2(O)C1CCN(C)CC1. The van der Waals surface area contributed by atoms with Gasteiger partial charge in [-0.15, -0.1) is 0 Å². The summed E-state index contributed by atoms with van der Waals surface area (Å²) >= 11 is 6.26. The number of fused-ring (bicyclic) bond motifs is 2. The Bertz CT molecular complexity index is 818. The molecule has 0 saturated carbocycles. The molecular weight excluding hydrogens is 348 g/mol. The fourth-order valence-electron chi connectivity index (χ4n) is 4.51. The summed E-state index contributed by atoms with van der Waals surface area (Å²) < 4.78 is 5.37. The van der Waals surface area contributed by atoms with Crippen LogP contribution in [0.2, 0.25) is 5.02 Å². The predicted octanol–water partition coefficient (Wildman–Crippen LogP) is 3.42. The van der Waals surface area contributed by atoms with Gasteiger partial charge in [-0.3, -0.25) is 4.98 Å². The molecule has 0 amide bonds. The number of nitrogens with zero attached hydrogens (tertiary/aromatic N) is 2. The number of aromatic nitrogens is 1. The van der Waals surface area contributed by atoms with E-state index >= 15 is 0 Å². The van der Waals surface area contributed by atoms with Gasteiger partial charge in [0.15, 0.2) is 0 Å². The highest BCUT2D eigenvalue weighted by Crippen LogP contribution is 2.46. The Balaban J connectivity index is 1.89. The zero-order valence-corrected chi connectivity index (χ0v) is 16.1. The van der Waals surface area contributed by atoms with Crippen LogP contribution in [0.3, 0.4) is 0 Å². The second-order valence-corrected chi connectivity index (χ2v) is 7.96. The van der Waals surface area contributed by atoms with E-state index in [0.717, 1.165) is 66.9 Å². The van der Waals surface area contributed by atoms with Gasteiger partial charge in [0.05, 0.1) is 19.0 Å². The molecule has 26 heavy (non-hydrogen) atoms. The number of ether oxygens (including phenoxy) is 1. The number of hydrogen-bond donors (Lipinski definition) is 1. The Morgan fingerprint density at radius 3 is 2.65 bits per heavy atom. The van der Waals surface area contributed by atoms with Gasteiger partial charge in [0, 0.05) is 10.9 Å². The lowest BCUT2D eigenvalue weighted by Crippen LogP contribution is -2.44. The van der Waals surface area contributed by atoms with Crippen molar-refractivity contribution in [1.82, 2.24) is 9.88 Å². The molecule has 5 heteroatoms. The molecule has 1 aliphatic carbocycles. The molecule has 4 nitrogen and oxygen atoms in total. The number of pyridine rings is 1. The van der Waals surface area contributed by atoms with Crippen molar-refractivity contribution < 1.29 is 9.84 Å². The van der Waals surface area contributed by atoms with Crippen LogP contribution >= 0.6 is 11.6 Å². The molecule has 4 rings (SSSR count). The van der Waals surface area contributed by atoms with E-state index in [4.69, 9.17) is 21.3 Å². The highest BCUT2D eigenvalue weighted by Gasteiger charge is 2.46. The van der Waals surface area contributed by atoms with Crippen molar-refractivity contribution in [1.29, 1.82) is 0 Å². The number of hydrogen-bond acceptors (Lipinski definition) is 4. The number of likely N-dealkylation sites (tertiary alicyclic amines) is 1. The third-order valence-electron chi connectivity index (χ3n) is 5.99. The van der Waals surface area contributed by atoms with E-state index < -0.39 is 5.60 Å². The molecule has 138 valence electrons. The predicted molar refractivity (Wildman–Crippen MR) is 103 cm³/mol. The highest BCUT2D eigenvalue weighted by atomic mass is 35.5. The molecule has 2 heterocycles. The van der Waals surface area contributed by atoms with Gasteiger partial charge in [0.1, 0.15) is 11.4 Å². The fraction of sp³-hybridized carbons (Fsp3) is 0.476. The summed E-state index contributed by atoms with van der Waals surface area (Å²) in [5.74, 6) is 0.870. The molecule has 0 bridgehead atoms. The number of aliphatic hydroxyl groups is 1. The summed E-state index contributed by atoms with van der Waals surface area (Å²) in [5.41, 5.74) is 2.86. The van der Waals surface area contributed by atoms with Gasteiger partial charge in [-0.05, 0) is 80.7 Å². The van der Waals surface area contributed by atoms with E-state index in [1.165, 1.54) is 0 Å². The summed E-state index contributed by atoms with van der Waals surface area (Å²) in [7, 11) is 3.79. The van der Waals surface area contributed by atoms with Crippen LogP contribution in [0.15, 0.2) is 30.5 Å². The maximum atomic E-state index is 12.2. The Kier molecular flexibility index (Phi) is 4.68. The third kappa shape index (κ3) is 2.90. The van der Waals surface area contributed by atoms with Gasteiger partial charge in [-0.2, -0.15) is 0 Å². The standard InChI is InChI=1S/C21H25ClN2O2/c1-24-9-7-16(8-10-24)21(25)19-6-5-17(22)11-14(19)3-4-15-12-18(26-2)13-23-20(15)21/h5-6,11-13,16,25H,3-4,7-10H2,1-2H3/t21-/m0/s1. The quantitative estimate of drug-likeness (QED) is 0.877. The molecule has 1 aliphatic heterocycles. The first-order valence-corrected chi connectivity index (χ1v) is 9.63. The second kappa shape index (κ2) is 6.84. The number of halogens is 1. The van der Waals surface area contributed by atoms with Crippen molar-refractivity contribution in [3.8, 4) is 5.75 Å². The Morgan fingerprint density at radius 2 is 1.92 bits per heavy atom. The van der Waals surface area contributed by atoms with Crippen LogP contribution in [0.4, 0.5) is 0 Å². The van der Waals surface area contributed by atoms with Crippen LogP contribution in [-0.4, -0.2) is 42.2 Å². The summed E-state index contributed by atoms with van der Waals surface area (Å²) in [5, 5.41) is 12.9. The summed E-state index contributed by atoms with van der Waals surface area (Å²) in [6, 6.07) is 7.90. The van der Waals surface area contributed by atoms with Gasteiger partial charge < -0.3 is 14.7 Å². The molecule has 0 unspecified atom stereocenters. The van der Waals surface area contributed by atoms with Crippen LogP contribution in [-0.2, 0) is 18.4 Å². The molecule has 2 aromatic rings. The lowest BCUT2D eigenvalue weighted by molar-refractivity contribution is -0.0148. The number of benzene rings is 1. The normalized spacial score (nSPS) is 23.8. The molecule has 2 aliphatic rings. The molecule has 1 aromatic carbocycles. The van der Waals surface area contributed by atoms with Crippen LogP contribution in [0.5, 0.6) is 5.75 Å². The average molecular weight is 373 g/mol. The molecule has 0 spiro atoms. The Morgan fingerprint density at radius 1 is 1.19 bits per heavy atom. The second-order valence-electron chi connectivity index (χ2n) is 7.53. The van der Waals surface area contributed by atoms with Crippen LogP contribution in [0.25, 0.3) is 0 Å². The summed E-state index contributed by atoms with van der Waals surface area (Å²) in [4.78, 5) is 7.02. The first kappa shape index (κ1) is 17.8. The molecule has 1 aromatic heterocycles. The van der Waals surface area contributed by atoms with E-state index in [1.54, 1.807) is 13.3 Å². The first-order valence-electron chi connectivity index (χ1n) is 9.25. The minimum Gasteiger partial charge on any atom is -0.495 e. The van der Waals surface area contributed by atoms with Crippen molar-refractivity contribution in [2.45, 2.75) is 31.3 Å². The largest absolute Gasteiger partial charge is 0.495 e. The number of aryl methyl sites for hydroxylation is 2. The van der Waals surface area contributed by atoms with Crippen molar-refractivity contribution in [3.05, 3.63) is 57.9 Å². The minimum atomic E-state index is -1.08. The Labute approximate surface area is 159 Å². The van der Waals surface area contributed by atoms with Gasteiger partial charge in [0.25, 0.3) is 0 Å². The zero-order chi connectivity index (χ0) is 18.3.